The first-order valence-electron chi connectivity index (χ1n) is 7.84. The number of amides is 2. The summed E-state index contributed by atoms with van der Waals surface area (Å²) >= 11 is 0. The van der Waals surface area contributed by atoms with Crippen molar-refractivity contribution in [1.29, 1.82) is 0 Å². The van der Waals surface area contributed by atoms with Crippen LogP contribution in [0.5, 0.6) is 0 Å². The van der Waals surface area contributed by atoms with Gasteiger partial charge >= 0.3 is 12.0 Å². The van der Waals surface area contributed by atoms with Crippen LogP contribution in [0.25, 0.3) is 0 Å². The molecule has 2 N–H and O–H groups in total. The molecule has 0 aromatic rings. The lowest BCUT2D eigenvalue weighted by Gasteiger charge is -2.25. The van der Waals surface area contributed by atoms with Gasteiger partial charge < -0.3 is 20.1 Å². The number of hydrogen-bond donors (Lipinski definition) is 2. The molecule has 3 fully saturated rings. The van der Waals surface area contributed by atoms with Crippen LogP contribution in [0.15, 0.2) is 0 Å². The molecule has 2 aliphatic heterocycles. The fraction of sp³-hybridized carbons (Fsp3) is 0.867. The van der Waals surface area contributed by atoms with Crippen molar-refractivity contribution in [2.45, 2.75) is 50.6 Å². The minimum atomic E-state index is -0.765. The Morgan fingerprint density at radius 3 is 2.71 bits per heavy atom. The zero-order chi connectivity index (χ0) is 15.0. The Morgan fingerprint density at radius 1 is 1.38 bits per heavy atom. The highest BCUT2D eigenvalue weighted by molar-refractivity contribution is 5.79. The van der Waals surface area contributed by atoms with Crippen molar-refractivity contribution in [3.63, 3.8) is 0 Å². The number of ether oxygens (including phenoxy) is 1. The van der Waals surface area contributed by atoms with Crippen molar-refractivity contribution >= 4 is 12.0 Å². The van der Waals surface area contributed by atoms with Crippen molar-refractivity contribution in [3.8, 4) is 0 Å². The molecular weight excluding hydrogens is 272 g/mol. The molecule has 3 aliphatic rings. The fourth-order valence-corrected chi connectivity index (χ4v) is 3.94. The number of urea groups is 1. The number of carboxylic acid groups (broad SMARTS) is 1. The molecule has 21 heavy (non-hydrogen) atoms. The molecule has 3 unspecified atom stereocenters. The fourth-order valence-electron chi connectivity index (χ4n) is 3.94. The Balaban J connectivity index is 1.54. The van der Waals surface area contributed by atoms with Crippen molar-refractivity contribution < 1.29 is 19.4 Å². The normalized spacial score (nSPS) is 32.2. The van der Waals surface area contributed by atoms with Crippen LogP contribution < -0.4 is 5.32 Å². The number of methoxy groups -OCH3 is 1. The van der Waals surface area contributed by atoms with Crippen LogP contribution in [0.2, 0.25) is 0 Å². The molecule has 6 heteroatoms. The first-order chi connectivity index (χ1) is 10.1. The number of carbonyl (C=O) groups excluding carboxylic acids is 1. The van der Waals surface area contributed by atoms with E-state index in [4.69, 9.17) is 4.74 Å². The van der Waals surface area contributed by atoms with Gasteiger partial charge in [-0.2, -0.15) is 0 Å². The van der Waals surface area contributed by atoms with Gasteiger partial charge in [-0.05, 0) is 43.9 Å². The third-order valence-corrected chi connectivity index (χ3v) is 5.50. The van der Waals surface area contributed by atoms with E-state index < -0.39 is 5.97 Å². The minimum Gasteiger partial charge on any atom is -0.481 e. The summed E-state index contributed by atoms with van der Waals surface area (Å²) in [6.07, 6.45) is 5.64. The average molecular weight is 296 g/mol. The number of aliphatic carboxylic acids is 1. The molecule has 3 rings (SSSR count). The summed E-state index contributed by atoms with van der Waals surface area (Å²) in [5.41, 5.74) is 0.219. The lowest BCUT2D eigenvalue weighted by atomic mass is 9.89. The first-order valence-corrected chi connectivity index (χ1v) is 7.84. The standard InChI is InChI=1S/C15H24N2O4/c1-21-7-6-15(4-5-15)9-16-14(20)17-10-2-3-12(17)11(8-10)13(18)19/h10-12H,2-9H2,1H3,(H,16,20)(H,18,19). The van der Waals surface area contributed by atoms with Crippen molar-refractivity contribution in [1.82, 2.24) is 10.2 Å². The smallest absolute Gasteiger partial charge is 0.317 e. The summed E-state index contributed by atoms with van der Waals surface area (Å²) in [6.45, 7) is 1.41. The van der Waals surface area contributed by atoms with E-state index in [2.05, 4.69) is 5.32 Å². The lowest BCUT2D eigenvalue weighted by molar-refractivity contribution is -0.142. The van der Waals surface area contributed by atoms with E-state index in [-0.39, 0.29) is 29.4 Å². The molecule has 2 bridgehead atoms. The largest absolute Gasteiger partial charge is 0.481 e. The molecule has 2 heterocycles. The molecule has 1 aliphatic carbocycles. The van der Waals surface area contributed by atoms with E-state index in [1.807, 2.05) is 0 Å². The van der Waals surface area contributed by atoms with Crippen LogP contribution in [-0.2, 0) is 9.53 Å². The summed E-state index contributed by atoms with van der Waals surface area (Å²) in [5, 5.41) is 12.3. The van der Waals surface area contributed by atoms with Gasteiger partial charge in [0.25, 0.3) is 0 Å². The maximum Gasteiger partial charge on any atom is 0.317 e. The minimum absolute atomic E-state index is 0.0741. The molecule has 6 nitrogen and oxygen atoms in total. The second kappa shape index (κ2) is 5.48. The van der Waals surface area contributed by atoms with Crippen LogP contribution >= 0.6 is 0 Å². The highest BCUT2D eigenvalue weighted by Gasteiger charge is 2.52. The zero-order valence-electron chi connectivity index (χ0n) is 12.5. The van der Waals surface area contributed by atoms with E-state index in [9.17, 15) is 14.7 Å². The molecule has 0 aromatic carbocycles. The molecular formula is C15H24N2O4. The summed E-state index contributed by atoms with van der Waals surface area (Å²) in [6, 6.07) is -0.0678. The van der Waals surface area contributed by atoms with E-state index >= 15 is 0 Å². The SMILES string of the molecule is COCCC1(CNC(=O)N2C3CCC2C(C(=O)O)C3)CC1. The second-order valence-electron chi connectivity index (χ2n) is 6.79. The van der Waals surface area contributed by atoms with Gasteiger partial charge in [-0.3, -0.25) is 4.79 Å². The molecule has 0 aromatic heterocycles. The van der Waals surface area contributed by atoms with Crippen LogP contribution in [0.1, 0.15) is 38.5 Å². The van der Waals surface area contributed by atoms with Gasteiger partial charge in [0, 0.05) is 32.3 Å². The monoisotopic (exact) mass is 296 g/mol. The molecule has 0 radical (unpaired) electrons. The van der Waals surface area contributed by atoms with Crippen molar-refractivity contribution in [3.05, 3.63) is 0 Å². The maximum absolute atomic E-state index is 12.4. The number of hydrogen-bond acceptors (Lipinski definition) is 3. The highest BCUT2D eigenvalue weighted by atomic mass is 16.5. The van der Waals surface area contributed by atoms with Crippen LogP contribution in [0.3, 0.4) is 0 Å². The molecule has 118 valence electrons. The molecule has 2 saturated heterocycles. The quantitative estimate of drug-likeness (QED) is 0.777. The maximum atomic E-state index is 12.4. The predicted octanol–water partition coefficient (Wildman–Crippen LogP) is 1.45. The number of nitrogens with zero attached hydrogens (tertiary/aromatic N) is 1. The van der Waals surface area contributed by atoms with Crippen LogP contribution in [-0.4, -0.2) is 54.4 Å². The number of carbonyl (C=O) groups is 2. The van der Waals surface area contributed by atoms with Gasteiger partial charge in [0.05, 0.1) is 5.92 Å². The van der Waals surface area contributed by atoms with Gasteiger partial charge in [0.1, 0.15) is 0 Å². The Bertz CT molecular complexity index is 435. The van der Waals surface area contributed by atoms with Crippen LogP contribution in [0, 0.1) is 11.3 Å². The summed E-state index contributed by atoms with van der Waals surface area (Å²) in [5.74, 6) is -1.14. The Labute approximate surface area is 124 Å². The topological polar surface area (TPSA) is 78.9 Å². The Morgan fingerprint density at radius 2 is 2.14 bits per heavy atom. The molecule has 3 atom stereocenters. The van der Waals surface area contributed by atoms with Gasteiger partial charge in [-0.1, -0.05) is 0 Å². The zero-order valence-corrected chi connectivity index (χ0v) is 12.5. The summed E-state index contributed by atoms with van der Waals surface area (Å²) in [7, 11) is 1.70. The van der Waals surface area contributed by atoms with Crippen LogP contribution in [0.4, 0.5) is 4.79 Å². The number of carboxylic acids is 1. The second-order valence-corrected chi connectivity index (χ2v) is 6.79. The predicted molar refractivity (Wildman–Crippen MR) is 76.0 cm³/mol. The van der Waals surface area contributed by atoms with E-state index in [0.29, 0.717) is 13.0 Å². The average Bonchev–Trinajstić information content (AvgIpc) is 2.99. The third-order valence-electron chi connectivity index (χ3n) is 5.50. The van der Waals surface area contributed by atoms with Crippen molar-refractivity contribution in [2.75, 3.05) is 20.3 Å². The molecule has 0 spiro atoms. The van der Waals surface area contributed by atoms with E-state index in [1.54, 1.807) is 12.0 Å². The lowest BCUT2D eigenvalue weighted by Crippen LogP contribution is -2.46. The molecule has 1 saturated carbocycles. The van der Waals surface area contributed by atoms with Gasteiger partial charge in [-0.25, -0.2) is 4.79 Å². The summed E-state index contributed by atoms with van der Waals surface area (Å²) in [4.78, 5) is 25.4. The number of fused-ring (bicyclic) bond motifs is 2. The highest BCUT2D eigenvalue weighted by Crippen LogP contribution is 2.48. The van der Waals surface area contributed by atoms with E-state index in [1.165, 1.54) is 0 Å². The van der Waals surface area contributed by atoms with E-state index in [0.717, 1.165) is 38.7 Å². The van der Waals surface area contributed by atoms with Gasteiger partial charge in [0.15, 0.2) is 0 Å². The summed E-state index contributed by atoms with van der Waals surface area (Å²) < 4.78 is 5.12. The third kappa shape index (κ3) is 2.73. The first kappa shape index (κ1) is 14.6. The van der Waals surface area contributed by atoms with Crippen molar-refractivity contribution in [2.24, 2.45) is 11.3 Å². The number of rotatable bonds is 6. The van der Waals surface area contributed by atoms with Gasteiger partial charge in [-0.15, -0.1) is 0 Å². The van der Waals surface area contributed by atoms with Gasteiger partial charge in [0.2, 0.25) is 0 Å². The Hall–Kier alpha value is -1.30. The number of nitrogens with one attached hydrogen (secondary N) is 1. The molecule has 2 amide bonds. The Kier molecular flexibility index (Phi) is 3.82.